The van der Waals surface area contributed by atoms with Crippen LogP contribution in [0.3, 0.4) is 0 Å². The molecule has 2 aromatic carbocycles. The number of nitrogens with one attached hydrogen (secondary N) is 1. The molecule has 2 aromatic rings. The summed E-state index contributed by atoms with van der Waals surface area (Å²) in [5, 5.41) is 3.45. The second-order valence-corrected chi connectivity index (χ2v) is 7.57. The summed E-state index contributed by atoms with van der Waals surface area (Å²) < 4.78 is 35.1. The molecule has 2 aliphatic rings. The Labute approximate surface area is 151 Å². The molecule has 2 heterocycles. The third-order valence-corrected chi connectivity index (χ3v) is 5.37. The molecule has 5 heteroatoms. The zero-order chi connectivity index (χ0) is 17.7. The maximum absolute atomic E-state index is 14.4. The van der Waals surface area contributed by atoms with Crippen molar-refractivity contribution in [2.75, 3.05) is 13.1 Å². The summed E-state index contributed by atoms with van der Waals surface area (Å²) in [6.07, 6.45) is 1.08. The average Bonchev–Trinajstić information content (AvgIpc) is 2.91. The van der Waals surface area contributed by atoms with Gasteiger partial charge in [0.15, 0.2) is 0 Å². The van der Waals surface area contributed by atoms with Crippen molar-refractivity contribution in [2.24, 2.45) is 0 Å². The molecule has 25 heavy (non-hydrogen) atoms. The first-order valence-electron chi connectivity index (χ1n) is 8.66. The predicted molar refractivity (Wildman–Crippen MR) is 95.5 cm³/mol. The Morgan fingerprint density at radius 2 is 1.88 bits per heavy atom. The van der Waals surface area contributed by atoms with Crippen LogP contribution in [0.5, 0.6) is 5.75 Å². The fourth-order valence-corrected chi connectivity index (χ4v) is 4.11. The molecule has 132 valence electrons. The molecule has 2 unspecified atom stereocenters. The van der Waals surface area contributed by atoms with E-state index in [1.54, 1.807) is 0 Å². The molecule has 1 fully saturated rings. The normalized spacial score (nSPS) is 21.8. The maximum Gasteiger partial charge on any atom is 0.135 e. The molecule has 1 saturated heterocycles. The van der Waals surface area contributed by atoms with Gasteiger partial charge >= 0.3 is 0 Å². The minimum atomic E-state index is -0.642. The second-order valence-electron chi connectivity index (χ2n) is 7.14. The highest BCUT2D eigenvalue weighted by atomic mass is 35.5. The van der Waals surface area contributed by atoms with E-state index in [0.29, 0.717) is 5.56 Å². The van der Waals surface area contributed by atoms with Crippen molar-refractivity contribution < 1.29 is 13.5 Å². The van der Waals surface area contributed by atoms with E-state index in [9.17, 15) is 8.78 Å². The highest BCUT2D eigenvalue weighted by molar-refractivity contribution is 6.30. The summed E-state index contributed by atoms with van der Waals surface area (Å²) in [4.78, 5) is 0. The van der Waals surface area contributed by atoms with Gasteiger partial charge in [-0.15, -0.1) is 0 Å². The van der Waals surface area contributed by atoms with E-state index in [1.165, 1.54) is 0 Å². The molecule has 0 aliphatic carbocycles. The Kier molecular flexibility index (Phi) is 4.20. The van der Waals surface area contributed by atoms with Crippen molar-refractivity contribution in [2.45, 2.75) is 38.2 Å². The fourth-order valence-electron chi connectivity index (χ4n) is 3.91. The van der Waals surface area contributed by atoms with Crippen molar-refractivity contribution in [1.82, 2.24) is 5.32 Å². The van der Waals surface area contributed by atoms with Crippen LogP contribution in [-0.4, -0.2) is 19.2 Å². The van der Waals surface area contributed by atoms with Crippen LogP contribution < -0.4 is 10.1 Å². The van der Waals surface area contributed by atoms with Gasteiger partial charge in [-0.2, -0.15) is 0 Å². The molecule has 0 aromatic heterocycles. The van der Waals surface area contributed by atoms with Crippen LogP contribution in [0, 0.1) is 11.6 Å². The lowest BCUT2D eigenvalue weighted by Crippen LogP contribution is -2.37. The van der Waals surface area contributed by atoms with Gasteiger partial charge < -0.3 is 10.1 Å². The summed E-state index contributed by atoms with van der Waals surface area (Å²) in [5.74, 6) is 0.0286. The first kappa shape index (κ1) is 16.8. The number of piperidine rings is 1. The van der Waals surface area contributed by atoms with E-state index in [0.717, 1.165) is 48.5 Å². The van der Waals surface area contributed by atoms with Crippen LogP contribution in [0.15, 0.2) is 24.3 Å². The van der Waals surface area contributed by atoms with Gasteiger partial charge in [-0.3, -0.25) is 0 Å². The molecule has 2 nitrogen and oxygen atoms in total. The van der Waals surface area contributed by atoms with Gasteiger partial charge in [0.1, 0.15) is 23.5 Å². The highest BCUT2D eigenvalue weighted by Crippen LogP contribution is 2.47. The number of fused-ring (bicyclic) bond motifs is 3. The van der Waals surface area contributed by atoms with Crippen molar-refractivity contribution in [3.8, 4) is 16.9 Å². The number of benzene rings is 2. The molecule has 2 atom stereocenters. The van der Waals surface area contributed by atoms with Crippen molar-refractivity contribution in [1.29, 1.82) is 0 Å². The van der Waals surface area contributed by atoms with Gasteiger partial charge in [0.25, 0.3) is 0 Å². The number of hydrogen-bond donors (Lipinski definition) is 1. The Morgan fingerprint density at radius 1 is 1.16 bits per heavy atom. The summed E-state index contributed by atoms with van der Waals surface area (Å²) in [7, 11) is 0. The quantitative estimate of drug-likeness (QED) is 0.787. The van der Waals surface area contributed by atoms with Crippen molar-refractivity contribution >= 4 is 11.6 Å². The minimum Gasteiger partial charge on any atom is -0.489 e. The van der Waals surface area contributed by atoms with E-state index in [2.05, 4.69) is 19.2 Å². The Hall–Kier alpha value is -1.65. The molecular formula is C20H20ClF2NO. The fraction of sp³-hybridized carbons (Fsp3) is 0.400. The number of hydrogen-bond acceptors (Lipinski definition) is 2. The van der Waals surface area contributed by atoms with Crippen LogP contribution in [0.4, 0.5) is 8.78 Å². The summed E-state index contributed by atoms with van der Waals surface area (Å²) in [6, 6.07) is 6.05. The van der Waals surface area contributed by atoms with Gasteiger partial charge in [-0.25, -0.2) is 8.78 Å². The molecule has 4 rings (SSSR count). The largest absolute Gasteiger partial charge is 0.489 e. The number of ether oxygens (including phenoxy) is 1. The van der Waals surface area contributed by atoms with Gasteiger partial charge in [-0.05, 0) is 54.3 Å². The molecule has 0 bridgehead atoms. The lowest BCUT2D eigenvalue weighted by molar-refractivity contribution is 0.171. The Bertz CT molecular complexity index is 814. The van der Waals surface area contributed by atoms with Crippen LogP contribution in [-0.2, 0) is 0 Å². The average molecular weight is 364 g/mol. The van der Waals surface area contributed by atoms with Crippen LogP contribution in [0.25, 0.3) is 11.1 Å². The van der Waals surface area contributed by atoms with Gasteiger partial charge in [0.05, 0.1) is 5.56 Å². The lowest BCUT2D eigenvalue weighted by Gasteiger charge is -2.25. The molecule has 0 radical (unpaired) electrons. The van der Waals surface area contributed by atoms with Crippen molar-refractivity contribution in [3.05, 3.63) is 52.0 Å². The Balaban J connectivity index is 1.91. The molecular weight excluding hydrogens is 344 g/mol. The van der Waals surface area contributed by atoms with E-state index < -0.39 is 11.6 Å². The van der Waals surface area contributed by atoms with E-state index in [-0.39, 0.29) is 28.5 Å². The zero-order valence-electron chi connectivity index (χ0n) is 14.2. The highest BCUT2D eigenvalue weighted by Gasteiger charge is 2.38. The van der Waals surface area contributed by atoms with E-state index in [1.807, 2.05) is 12.1 Å². The van der Waals surface area contributed by atoms with Crippen LogP contribution in [0.2, 0.25) is 5.02 Å². The predicted octanol–water partition coefficient (Wildman–Crippen LogP) is 5.25. The van der Waals surface area contributed by atoms with E-state index >= 15 is 0 Å². The standard InChI is InChI=1S/C20H20ClF2NO/c1-10(2)13-5-11(19-16(22)7-12(21)8-17(19)23)6-14-15-9-24-4-3-18(15)25-20(13)14/h5-8,10,15,18,24H,3-4,9H2,1-2H3. The van der Waals surface area contributed by atoms with Crippen LogP contribution >= 0.6 is 11.6 Å². The smallest absolute Gasteiger partial charge is 0.135 e. The first-order valence-corrected chi connectivity index (χ1v) is 9.03. The summed E-state index contributed by atoms with van der Waals surface area (Å²) in [5.41, 5.74) is 2.56. The van der Waals surface area contributed by atoms with Gasteiger partial charge in [-0.1, -0.05) is 25.4 Å². The molecule has 1 N–H and O–H groups in total. The topological polar surface area (TPSA) is 21.3 Å². The lowest BCUT2D eigenvalue weighted by atomic mass is 9.86. The number of halogens is 3. The van der Waals surface area contributed by atoms with Crippen molar-refractivity contribution in [3.63, 3.8) is 0 Å². The maximum atomic E-state index is 14.4. The second kappa shape index (κ2) is 6.26. The monoisotopic (exact) mass is 363 g/mol. The third-order valence-electron chi connectivity index (χ3n) is 5.15. The summed E-state index contributed by atoms with van der Waals surface area (Å²) >= 11 is 5.77. The SMILES string of the molecule is CC(C)c1cc(-c2c(F)cc(Cl)cc2F)cc2c1OC1CCNCC21. The molecule has 0 saturated carbocycles. The Morgan fingerprint density at radius 3 is 2.56 bits per heavy atom. The molecule has 0 amide bonds. The molecule has 0 spiro atoms. The first-order chi connectivity index (χ1) is 12.0. The van der Waals surface area contributed by atoms with Crippen LogP contribution in [0.1, 0.15) is 43.2 Å². The summed E-state index contributed by atoms with van der Waals surface area (Å²) in [6.45, 7) is 5.89. The third kappa shape index (κ3) is 2.81. The molecule has 2 aliphatic heterocycles. The minimum absolute atomic E-state index is 0.0266. The van der Waals surface area contributed by atoms with E-state index in [4.69, 9.17) is 16.3 Å². The van der Waals surface area contributed by atoms with Gasteiger partial charge in [0, 0.05) is 23.0 Å². The zero-order valence-corrected chi connectivity index (χ0v) is 15.0. The van der Waals surface area contributed by atoms with Gasteiger partial charge in [0.2, 0.25) is 0 Å². The number of rotatable bonds is 2.